The summed E-state index contributed by atoms with van der Waals surface area (Å²) in [5.41, 5.74) is 2.13. The Labute approximate surface area is 119 Å². The Morgan fingerprint density at radius 1 is 1.28 bits per heavy atom. The predicted octanol–water partition coefficient (Wildman–Crippen LogP) is 3.85. The van der Waals surface area contributed by atoms with Crippen molar-refractivity contribution in [2.24, 2.45) is 0 Å². The molecule has 0 aliphatic heterocycles. The Morgan fingerprint density at radius 3 is 2.61 bits per heavy atom. The normalized spacial score (nSPS) is 12.9. The number of aryl methyl sites for hydroxylation is 2. The number of hydrogen-bond donors (Lipinski definition) is 1. The molecular weight excluding hydrogens is 292 g/mol. The first kappa shape index (κ1) is 15.7. The summed E-state index contributed by atoms with van der Waals surface area (Å²) in [5.74, 6) is 0. The molecule has 0 fully saturated rings. The number of hydrogen-bond acceptors (Lipinski definition) is 2. The van der Waals surface area contributed by atoms with Crippen molar-refractivity contribution >= 4 is 15.9 Å². The van der Waals surface area contributed by atoms with Crippen LogP contribution in [0.2, 0.25) is 0 Å². The van der Waals surface area contributed by atoms with Crippen molar-refractivity contribution in [1.82, 2.24) is 9.78 Å². The number of nitrogens with zero attached hydrogens (tertiary/aromatic N) is 2. The second kappa shape index (κ2) is 7.95. The summed E-state index contributed by atoms with van der Waals surface area (Å²) in [6.07, 6.45) is 6.18. The summed E-state index contributed by atoms with van der Waals surface area (Å²) in [4.78, 5) is 0. The highest BCUT2D eigenvalue weighted by molar-refractivity contribution is 9.10. The molecule has 4 heteroatoms. The van der Waals surface area contributed by atoms with Crippen molar-refractivity contribution in [3.05, 3.63) is 15.9 Å². The van der Waals surface area contributed by atoms with E-state index >= 15 is 0 Å². The third-order valence-corrected chi connectivity index (χ3v) is 4.30. The minimum absolute atomic E-state index is 0.250. The molecule has 1 aromatic rings. The van der Waals surface area contributed by atoms with Gasteiger partial charge in [0.1, 0.15) is 0 Å². The Balaban J connectivity index is 2.50. The van der Waals surface area contributed by atoms with E-state index in [4.69, 9.17) is 0 Å². The van der Waals surface area contributed by atoms with Crippen molar-refractivity contribution in [3.8, 4) is 0 Å². The van der Waals surface area contributed by atoms with Crippen LogP contribution in [0, 0.1) is 6.92 Å². The average Bonchev–Trinajstić information content (AvgIpc) is 2.62. The number of halogens is 1. The molecular formula is C14H25BrN2O. The minimum atomic E-state index is -0.250. The Kier molecular flexibility index (Phi) is 6.94. The van der Waals surface area contributed by atoms with Gasteiger partial charge in [-0.2, -0.15) is 5.10 Å². The first-order valence-electron chi connectivity index (χ1n) is 6.99. The topological polar surface area (TPSA) is 38.1 Å². The molecule has 0 bridgehead atoms. The van der Waals surface area contributed by atoms with Crippen molar-refractivity contribution in [2.75, 3.05) is 0 Å². The van der Waals surface area contributed by atoms with E-state index in [0.717, 1.165) is 35.2 Å². The van der Waals surface area contributed by atoms with Crippen LogP contribution in [0.5, 0.6) is 0 Å². The third kappa shape index (κ3) is 4.39. The lowest BCUT2D eigenvalue weighted by Crippen LogP contribution is -2.14. The largest absolute Gasteiger partial charge is 0.393 e. The molecule has 1 aromatic heterocycles. The number of rotatable bonds is 8. The van der Waals surface area contributed by atoms with Crippen LogP contribution in [0.25, 0.3) is 0 Å². The number of aliphatic hydroxyl groups is 1. The molecule has 1 rings (SSSR count). The molecule has 18 heavy (non-hydrogen) atoms. The smallest absolute Gasteiger partial charge is 0.0738 e. The Bertz CT molecular complexity index is 363. The number of aliphatic hydroxyl groups excluding tert-OH is 1. The van der Waals surface area contributed by atoms with Gasteiger partial charge in [0.2, 0.25) is 0 Å². The lowest BCUT2D eigenvalue weighted by molar-refractivity contribution is 0.158. The van der Waals surface area contributed by atoms with Gasteiger partial charge in [0.15, 0.2) is 0 Å². The fraction of sp³-hybridized carbons (Fsp3) is 0.786. The van der Waals surface area contributed by atoms with Crippen molar-refractivity contribution < 1.29 is 5.11 Å². The lowest BCUT2D eigenvalue weighted by atomic mass is 10.1. The summed E-state index contributed by atoms with van der Waals surface area (Å²) < 4.78 is 3.03. The van der Waals surface area contributed by atoms with Crippen LogP contribution in [-0.2, 0) is 13.0 Å². The third-order valence-electron chi connectivity index (χ3n) is 3.27. The SMILES string of the molecule is CCCCCCC(O)Cc1c(Br)c(C)nn1CC. The molecule has 104 valence electrons. The zero-order valence-electron chi connectivity index (χ0n) is 11.7. The molecule has 1 unspecified atom stereocenters. The van der Waals surface area contributed by atoms with Crippen LogP contribution in [0.1, 0.15) is 57.3 Å². The molecule has 1 heterocycles. The van der Waals surface area contributed by atoms with E-state index in [1.54, 1.807) is 0 Å². The van der Waals surface area contributed by atoms with Gasteiger partial charge in [0.25, 0.3) is 0 Å². The van der Waals surface area contributed by atoms with Gasteiger partial charge in [-0.05, 0) is 36.2 Å². The molecule has 0 radical (unpaired) electrons. The van der Waals surface area contributed by atoms with Crippen molar-refractivity contribution in [1.29, 1.82) is 0 Å². The summed E-state index contributed by atoms with van der Waals surface area (Å²) in [6.45, 7) is 7.13. The van der Waals surface area contributed by atoms with E-state index in [-0.39, 0.29) is 6.10 Å². The van der Waals surface area contributed by atoms with Gasteiger partial charge in [-0.15, -0.1) is 0 Å². The van der Waals surface area contributed by atoms with Gasteiger partial charge in [0, 0.05) is 13.0 Å². The van der Waals surface area contributed by atoms with Crippen LogP contribution in [0.15, 0.2) is 4.47 Å². The Hall–Kier alpha value is -0.350. The fourth-order valence-electron chi connectivity index (χ4n) is 2.20. The fourth-order valence-corrected chi connectivity index (χ4v) is 2.64. The molecule has 1 atom stereocenters. The zero-order valence-corrected chi connectivity index (χ0v) is 13.3. The molecule has 0 saturated carbocycles. The van der Waals surface area contributed by atoms with Crippen LogP contribution in [-0.4, -0.2) is 21.0 Å². The Morgan fingerprint density at radius 2 is 2.00 bits per heavy atom. The maximum absolute atomic E-state index is 10.1. The molecule has 0 aromatic carbocycles. The summed E-state index contributed by atoms with van der Waals surface area (Å²) in [6, 6.07) is 0. The predicted molar refractivity (Wildman–Crippen MR) is 78.8 cm³/mol. The highest BCUT2D eigenvalue weighted by Crippen LogP contribution is 2.23. The zero-order chi connectivity index (χ0) is 13.5. The maximum Gasteiger partial charge on any atom is 0.0738 e. The van der Waals surface area contributed by atoms with E-state index in [2.05, 4.69) is 34.9 Å². The van der Waals surface area contributed by atoms with E-state index in [1.165, 1.54) is 19.3 Å². The molecule has 0 spiro atoms. The molecule has 1 N–H and O–H groups in total. The van der Waals surface area contributed by atoms with Crippen LogP contribution in [0.3, 0.4) is 0 Å². The molecule has 0 aliphatic carbocycles. The van der Waals surface area contributed by atoms with Gasteiger partial charge in [0.05, 0.1) is 22.0 Å². The standard InChI is InChI=1S/C14H25BrN2O/c1-4-6-7-8-9-12(18)10-13-14(15)11(3)16-17(13)5-2/h12,18H,4-10H2,1-3H3. The highest BCUT2D eigenvalue weighted by atomic mass is 79.9. The molecule has 0 amide bonds. The van der Waals surface area contributed by atoms with E-state index < -0.39 is 0 Å². The summed E-state index contributed by atoms with van der Waals surface area (Å²) in [5, 5.41) is 14.5. The molecule has 0 aliphatic rings. The van der Waals surface area contributed by atoms with E-state index in [0.29, 0.717) is 6.42 Å². The first-order chi connectivity index (χ1) is 8.60. The maximum atomic E-state index is 10.1. The average molecular weight is 317 g/mol. The highest BCUT2D eigenvalue weighted by Gasteiger charge is 2.15. The summed E-state index contributed by atoms with van der Waals surface area (Å²) in [7, 11) is 0. The monoisotopic (exact) mass is 316 g/mol. The van der Waals surface area contributed by atoms with E-state index in [9.17, 15) is 5.11 Å². The second-order valence-corrected chi connectivity index (χ2v) is 5.66. The van der Waals surface area contributed by atoms with E-state index in [1.807, 2.05) is 11.6 Å². The van der Waals surface area contributed by atoms with Crippen LogP contribution in [0.4, 0.5) is 0 Å². The van der Waals surface area contributed by atoms with Crippen LogP contribution >= 0.6 is 15.9 Å². The second-order valence-electron chi connectivity index (χ2n) is 4.87. The molecule has 3 nitrogen and oxygen atoms in total. The quantitative estimate of drug-likeness (QED) is 0.740. The number of unbranched alkanes of at least 4 members (excludes halogenated alkanes) is 3. The van der Waals surface area contributed by atoms with Crippen LogP contribution < -0.4 is 0 Å². The minimum Gasteiger partial charge on any atom is -0.393 e. The number of aromatic nitrogens is 2. The van der Waals surface area contributed by atoms with Gasteiger partial charge < -0.3 is 5.11 Å². The van der Waals surface area contributed by atoms with Crippen molar-refractivity contribution in [3.63, 3.8) is 0 Å². The lowest BCUT2D eigenvalue weighted by Gasteiger charge is -2.12. The summed E-state index contributed by atoms with van der Waals surface area (Å²) >= 11 is 3.57. The van der Waals surface area contributed by atoms with Gasteiger partial charge >= 0.3 is 0 Å². The molecule has 0 saturated heterocycles. The van der Waals surface area contributed by atoms with Gasteiger partial charge in [-0.3, -0.25) is 4.68 Å². The first-order valence-corrected chi connectivity index (χ1v) is 7.79. The van der Waals surface area contributed by atoms with Crippen molar-refractivity contribution in [2.45, 2.75) is 71.9 Å². The van der Waals surface area contributed by atoms with Gasteiger partial charge in [-0.25, -0.2) is 0 Å². The van der Waals surface area contributed by atoms with Gasteiger partial charge in [-0.1, -0.05) is 32.6 Å².